The van der Waals surface area contributed by atoms with Gasteiger partial charge in [0, 0.05) is 69.1 Å². The number of aryl methyl sites for hydroxylation is 4. The van der Waals surface area contributed by atoms with Crippen molar-refractivity contribution in [2.45, 2.75) is 34.6 Å². The molecule has 0 unspecified atom stereocenters. The summed E-state index contributed by atoms with van der Waals surface area (Å²) >= 11 is 4.04. The number of carbonyl (C=O) groups excluding carboxylic acids is 4. The maximum Gasteiger partial charge on any atom is 0.339 e. The molecule has 372 valence electrons. The highest BCUT2D eigenvalue weighted by Gasteiger charge is 2.27. The van der Waals surface area contributed by atoms with Crippen molar-refractivity contribution in [1.29, 1.82) is 0 Å². The summed E-state index contributed by atoms with van der Waals surface area (Å²) in [5, 5.41) is 66.9. The molecule has 0 saturated heterocycles. The minimum Gasteiger partial charge on any atom is -0.507 e. The van der Waals surface area contributed by atoms with E-state index in [2.05, 4.69) is 22.6 Å². The number of rotatable bonds is 6. The van der Waals surface area contributed by atoms with Gasteiger partial charge >= 0.3 is 11.7 Å². The number of hydrogen-bond donors (Lipinski definition) is 7. The van der Waals surface area contributed by atoms with Crippen LogP contribution in [-0.2, 0) is 0 Å². The van der Waals surface area contributed by atoms with Crippen LogP contribution in [0.2, 0.25) is 0 Å². The summed E-state index contributed by atoms with van der Waals surface area (Å²) in [6, 6.07) is 17.5. The molecule has 5 rings (SSSR count). The van der Waals surface area contributed by atoms with Crippen LogP contribution in [0.15, 0.2) is 66.7 Å². The number of carboxylic acid groups (broad SMARTS) is 1. The normalized spacial score (nSPS) is 9.90. The number of carboxylic acids is 1. The molecule has 21 heteroatoms. The highest BCUT2D eigenvalue weighted by molar-refractivity contribution is 14.1. The van der Waals surface area contributed by atoms with Gasteiger partial charge in [-0.05, 0) is 151 Å². The van der Waals surface area contributed by atoms with E-state index in [9.17, 15) is 54.5 Å². The van der Waals surface area contributed by atoms with E-state index in [1.807, 2.05) is 36.4 Å². The third-order valence-corrected chi connectivity index (χ3v) is 11.7. The molecule has 0 aliphatic carbocycles. The number of nitrogens with two attached hydrogens (primary N) is 1. The summed E-state index contributed by atoms with van der Waals surface area (Å²) in [5.41, 5.74) is 10.1. The third-order valence-electron chi connectivity index (χ3n) is 9.44. The Morgan fingerprint density at radius 1 is 0.507 bits per heavy atom. The summed E-state index contributed by atoms with van der Waals surface area (Å²) in [7, 11) is 12.9. The predicted molar refractivity (Wildman–Crippen MR) is 280 cm³/mol. The molecule has 19 nitrogen and oxygen atoms in total. The molecule has 0 aliphatic rings. The lowest BCUT2D eigenvalue weighted by molar-refractivity contribution is -0.386. The average molecular weight is 1180 g/mol. The van der Waals surface area contributed by atoms with Gasteiger partial charge in [0.05, 0.1) is 32.9 Å². The molecule has 5 aromatic carbocycles. The highest BCUT2D eigenvalue weighted by Crippen LogP contribution is 2.36. The number of nitro benzene ring substituents is 1. The maximum atomic E-state index is 11.7. The molecule has 0 aromatic heterocycles. The van der Waals surface area contributed by atoms with Gasteiger partial charge in [-0.15, -0.1) is 0 Å². The SMILES string of the molecule is Cc1c(I)cc(C(=O)N(C)C)c(O)c1[N+](=O)[O-].Cc1cc(O)c(C(=O)N(C)C)cc1I.Cc1ccc(C(=O)N(C)C)c(O)c1.Cc1ccc(C(=O)N(C)C)c(O)c1N.Cc1ccc(C(=O)O)c(O)c1. The van der Waals surface area contributed by atoms with Gasteiger partial charge in [-0.1, -0.05) is 18.2 Å². The van der Waals surface area contributed by atoms with Gasteiger partial charge < -0.3 is 56.0 Å². The lowest BCUT2D eigenvalue weighted by Crippen LogP contribution is -2.22. The molecule has 8 N–H and O–H groups in total. The van der Waals surface area contributed by atoms with Crippen LogP contribution in [0.4, 0.5) is 11.4 Å². The fourth-order valence-electron chi connectivity index (χ4n) is 5.44. The largest absolute Gasteiger partial charge is 0.507 e. The minimum atomic E-state index is -1.11. The predicted octanol–water partition coefficient (Wildman–Crippen LogP) is 7.71. The smallest absolute Gasteiger partial charge is 0.339 e. The van der Waals surface area contributed by atoms with Gasteiger partial charge in [0.1, 0.15) is 22.8 Å². The lowest BCUT2D eigenvalue weighted by Gasteiger charge is -2.13. The third kappa shape index (κ3) is 17.0. The summed E-state index contributed by atoms with van der Waals surface area (Å²) in [6.45, 7) is 8.85. The molecule has 5 aromatic rings. The van der Waals surface area contributed by atoms with Crippen LogP contribution in [0.1, 0.15) is 79.6 Å². The van der Waals surface area contributed by atoms with E-state index >= 15 is 0 Å². The standard InChI is InChI=1S/C10H11IN2O4.C10H12INO2.C10H14N2O2.C10H13NO2.C8H8O3/c1-5-7(11)4-6(10(15)12(2)3)9(14)8(5)13(16)17;1-6-4-9(13)7(5-8(6)11)10(14)12(2)3;1-6-4-5-7(9(13)8(6)11)10(14)12(2)3;1-7-4-5-8(9(12)6-7)10(13)11(2)3;1-5-2-3-6(8(10)11)7(9)4-5/h4,14H,1-3H3;4-5,13H,1-3H3;4-5,13H,11H2,1-3H3;4-6,12H,1-3H3;2-4,9H,1H3,(H,10,11). The molecule has 0 aliphatic heterocycles. The van der Waals surface area contributed by atoms with E-state index in [4.69, 9.17) is 15.9 Å². The molecular weight excluding hydrogens is 1120 g/mol. The first-order valence-corrected chi connectivity index (χ1v) is 22.4. The second-order valence-corrected chi connectivity index (χ2v) is 18.3. The molecule has 0 bridgehead atoms. The van der Waals surface area contributed by atoms with Crippen molar-refractivity contribution in [2.75, 3.05) is 62.1 Å². The van der Waals surface area contributed by atoms with Crippen molar-refractivity contribution in [1.82, 2.24) is 19.6 Å². The van der Waals surface area contributed by atoms with Gasteiger partial charge in [-0.2, -0.15) is 0 Å². The molecular formula is C48H58I2N6O13. The van der Waals surface area contributed by atoms with E-state index in [0.717, 1.165) is 25.8 Å². The van der Waals surface area contributed by atoms with Crippen molar-refractivity contribution in [3.63, 3.8) is 0 Å². The number of amides is 4. The number of phenols is 5. The fraction of sp³-hybridized carbons (Fsp3) is 0.271. The lowest BCUT2D eigenvalue weighted by atomic mass is 10.1. The van der Waals surface area contributed by atoms with Crippen LogP contribution in [0.25, 0.3) is 0 Å². The molecule has 0 radical (unpaired) electrons. The van der Waals surface area contributed by atoms with Gasteiger partial charge in [0.15, 0.2) is 5.75 Å². The Kier molecular flexibility index (Phi) is 23.2. The zero-order valence-corrected chi connectivity index (χ0v) is 44.8. The van der Waals surface area contributed by atoms with E-state index in [-0.39, 0.29) is 63.1 Å². The fourth-order valence-corrected chi connectivity index (χ4v) is 6.47. The van der Waals surface area contributed by atoms with Crippen molar-refractivity contribution >= 4 is 86.2 Å². The zero-order valence-electron chi connectivity index (χ0n) is 40.5. The first kappa shape index (κ1) is 60.1. The number of halogens is 2. The Morgan fingerprint density at radius 3 is 1.30 bits per heavy atom. The van der Waals surface area contributed by atoms with E-state index < -0.39 is 28.2 Å². The van der Waals surface area contributed by atoms with Crippen LogP contribution in [0, 0.1) is 51.9 Å². The molecule has 4 amide bonds. The number of nitrogen functional groups attached to an aromatic ring is 1. The zero-order chi connectivity index (χ0) is 53.5. The number of nitrogens with zero attached hydrogens (tertiary/aromatic N) is 5. The second kappa shape index (κ2) is 26.6. The Hall–Kier alpha value is -6.89. The summed E-state index contributed by atoms with van der Waals surface area (Å²) in [4.78, 5) is 72.4. The quantitative estimate of drug-likeness (QED) is 0.0282. The van der Waals surface area contributed by atoms with Crippen LogP contribution >= 0.6 is 45.2 Å². The van der Waals surface area contributed by atoms with Crippen molar-refractivity contribution in [3.05, 3.63) is 140 Å². The number of benzene rings is 5. The van der Waals surface area contributed by atoms with Crippen LogP contribution < -0.4 is 5.73 Å². The molecule has 0 saturated carbocycles. The summed E-state index contributed by atoms with van der Waals surface area (Å²) in [6.07, 6.45) is 0. The molecule has 0 spiro atoms. The van der Waals surface area contributed by atoms with Gasteiger partial charge in [0.2, 0.25) is 5.75 Å². The molecule has 0 heterocycles. The maximum absolute atomic E-state index is 11.7. The van der Waals surface area contributed by atoms with E-state index in [0.29, 0.717) is 20.3 Å². The van der Waals surface area contributed by atoms with Crippen LogP contribution in [-0.4, -0.2) is 141 Å². The van der Waals surface area contributed by atoms with E-state index in [1.165, 1.54) is 58.8 Å². The minimum absolute atomic E-state index is 0.0405. The summed E-state index contributed by atoms with van der Waals surface area (Å²) < 4.78 is 1.54. The second-order valence-electron chi connectivity index (χ2n) is 15.9. The van der Waals surface area contributed by atoms with Crippen LogP contribution in [0.3, 0.4) is 0 Å². The monoisotopic (exact) mass is 1180 g/mol. The highest BCUT2D eigenvalue weighted by atomic mass is 127. The van der Waals surface area contributed by atoms with Gasteiger partial charge in [-0.25, -0.2) is 4.79 Å². The number of hydrogen-bond acceptors (Lipinski definition) is 13. The number of anilines is 1. The first-order valence-electron chi connectivity index (χ1n) is 20.2. The number of nitro groups is 1. The van der Waals surface area contributed by atoms with Crippen molar-refractivity contribution in [3.8, 4) is 28.7 Å². The Labute approximate surface area is 427 Å². The first-order chi connectivity index (χ1) is 31.8. The average Bonchev–Trinajstić information content (AvgIpc) is 3.25. The van der Waals surface area contributed by atoms with Gasteiger partial charge in [-0.3, -0.25) is 29.3 Å². The Morgan fingerprint density at radius 2 is 0.884 bits per heavy atom. The molecule has 69 heavy (non-hydrogen) atoms. The number of carbonyl (C=O) groups is 5. The number of phenolic OH excluding ortho intramolecular Hbond substituents is 4. The Bertz CT molecular complexity index is 2710. The van der Waals surface area contributed by atoms with Crippen LogP contribution in [0.5, 0.6) is 28.7 Å². The van der Waals surface area contributed by atoms with Gasteiger partial charge in [0.25, 0.3) is 23.6 Å². The topological polar surface area (TPSA) is 289 Å². The van der Waals surface area contributed by atoms with Crippen molar-refractivity contribution < 1.29 is 59.5 Å². The molecule has 0 fully saturated rings. The molecule has 0 atom stereocenters. The van der Waals surface area contributed by atoms with Crippen molar-refractivity contribution in [2.24, 2.45) is 0 Å². The Balaban J connectivity index is 0.000000434. The summed E-state index contributed by atoms with van der Waals surface area (Å²) in [5.74, 6) is -3.01. The van der Waals surface area contributed by atoms with E-state index in [1.54, 1.807) is 105 Å². The number of aromatic carboxylic acids is 1. The number of aromatic hydroxyl groups is 5.